The molecule has 1 atom stereocenters. The quantitative estimate of drug-likeness (QED) is 0.527. The molecule has 0 heterocycles. The summed E-state index contributed by atoms with van der Waals surface area (Å²) in [6.07, 6.45) is 2.24. The van der Waals surface area contributed by atoms with Crippen LogP contribution in [0.5, 0.6) is 0 Å². The van der Waals surface area contributed by atoms with Crippen LogP contribution in [0.4, 0.5) is 5.69 Å². The van der Waals surface area contributed by atoms with E-state index in [9.17, 15) is 5.21 Å². The Balaban J connectivity index is 2.28. The molecule has 1 aliphatic rings. The second kappa shape index (κ2) is 3.14. The van der Waals surface area contributed by atoms with E-state index in [1.54, 1.807) is 0 Å². The van der Waals surface area contributed by atoms with E-state index in [2.05, 4.69) is 26.0 Å². The number of hydroxylamine groups is 1. The number of aryl methyl sites for hydroxylation is 1. The average Bonchev–Trinajstić information content (AvgIpc) is 2.82. The predicted molar refractivity (Wildman–Crippen MR) is 59.4 cm³/mol. The van der Waals surface area contributed by atoms with Gasteiger partial charge in [0.15, 0.2) is 0 Å². The number of allylic oxidation sites excluding steroid dienone is 2. The molecule has 1 unspecified atom stereocenters. The van der Waals surface area contributed by atoms with E-state index < -0.39 is 0 Å². The molecule has 0 spiro atoms. The highest BCUT2D eigenvalue weighted by atomic mass is 16.5. The largest absolute Gasteiger partial charge is 0.758 e. The monoisotopic (exact) mass is 188 g/mol. The number of benzene rings is 1. The van der Waals surface area contributed by atoms with Gasteiger partial charge in [0.2, 0.25) is 0 Å². The molecule has 0 N–H and O–H groups in total. The first kappa shape index (κ1) is 9.28. The van der Waals surface area contributed by atoms with Crippen molar-refractivity contribution in [3.63, 3.8) is 0 Å². The number of hydrogen-bond acceptors (Lipinski definition) is 2. The molecular weight excluding hydrogens is 174 g/mol. The second-order valence-corrected chi connectivity index (χ2v) is 3.93. The molecule has 0 bridgehead atoms. The SMILES string of the molecule is CC1=CC1c1ccc(N(C)[O-])cc1C. The van der Waals surface area contributed by atoms with Crippen LogP contribution in [0.2, 0.25) is 0 Å². The van der Waals surface area contributed by atoms with Crippen LogP contribution in [0, 0.1) is 12.1 Å². The fraction of sp³-hybridized carbons (Fsp3) is 0.333. The Morgan fingerprint density at radius 3 is 2.36 bits per heavy atom. The molecule has 0 saturated heterocycles. The Kier molecular flexibility index (Phi) is 2.08. The number of hydrogen-bond donors (Lipinski definition) is 0. The Hall–Kier alpha value is -1.28. The molecule has 0 aromatic heterocycles. The van der Waals surface area contributed by atoms with Crippen molar-refractivity contribution in [1.29, 1.82) is 0 Å². The summed E-state index contributed by atoms with van der Waals surface area (Å²) < 4.78 is 0. The van der Waals surface area contributed by atoms with Crippen LogP contribution in [-0.4, -0.2) is 7.05 Å². The zero-order chi connectivity index (χ0) is 10.3. The third-order valence-corrected chi connectivity index (χ3v) is 2.76. The summed E-state index contributed by atoms with van der Waals surface area (Å²) in [6, 6.07) is 5.88. The summed E-state index contributed by atoms with van der Waals surface area (Å²) in [4.78, 5) is 0. The van der Waals surface area contributed by atoms with Crippen LogP contribution < -0.4 is 5.06 Å². The third kappa shape index (κ3) is 1.53. The smallest absolute Gasteiger partial charge is 0.0259 e. The Labute approximate surface area is 84.4 Å². The maximum atomic E-state index is 11.1. The van der Waals surface area contributed by atoms with E-state index in [0.717, 1.165) is 10.8 Å². The number of rotatable bonds is 2. The van der Waals surface area contributed by atoms with Gasteiger partial charge in [-0.05, 0) is 44.2 Å². The highest BCUT2D eigenvalue weighted by Gasteiger charge is 2.23. The maximum Gasteiger partial charge on any atom is 0.0259 e. The predicted octanol–water partition coefficient (Wildman–Crippen LogP) is 2.97. The molecule has 2 rings (SSSR count). The van der Waals surface area contributed by atoms with Crippen molar-refractivity contribution in [3.05, 3.63) is 46.2 Å². The lowest BCUT2D eigenvalue weighted by Gasteiger charge is -2.25. The molecule has 1 aliphatic carbocycles. The van der Waals surface area contributed by atoms with Gasteiger partial charge < -0.3 is 10.3 Å². The highest BCUT2D eigenvalue weighted by molar-refractivity contribution is 5.56. The van der Waals surface area contributed by atoms with Gasteiger partial charge >= 0.3 is 0 Å². The summed E-state index contributed by atoms with van der Waals surface area (Å²) in [5, 5.41) is 12.0. The first-order valence-electron chi connectivity index (χ1n) is 4.79. The van der Waals surface area contributed by atoms with Crippen LogP contribution in [0.1, 0.15) is 24.0 Å². The molecule has 2 nitrogen and oxygen atoms in total. The Morgan fingerprint density at radius 1 is 1.29 bits per heavy atom. The van der Waals surface area contributed by atoms with E-state index in [1.807, 2.05) is 12.1 Å². The molecule has 0 amide bonds. The molecular formula is C12H14NO-. The minimum absolute atomic E-state index is 0.529. The van der Waals surface area contributed by atoms with Gasteiger partial charge in [-0.1, -0.05) is 17.7 Å². The molecule has 1 aromatic carbocycles. The van der Waals surface area contributed by atoms with E-state index >= 15 is 0 Å². The van der Waals surface area contributed by atoms with Gasteiger partial charge in [-0.3, -0.25) is 0 Å². The van der Waals surface area contributed by atoms with Crippen LogP contribution in [0.3, 0.4) is 0 Å². The van der Waals surface area contributed by atoms with Crippen molar-refractivity contribution < 1.29 is 0 Å². The molecule has 2 heteroatoms. The molecule has 1 aromatic rings. The Morgan fingerprint density at radius 2 is 1.93 bits per heavy atom. The van der Waals surface area contributed by atoms with E-state index in [4.69, 9.17) is 0 Å². The highest BCUT2D eigenvalue weighted by Crippen LogP contribution is 2.40. The van der Waals surface area contributed by atoms with Gasteiger partial charge in [-0.25, -0.2) is 0 Å². The first-order valence-corrected chi connectivity index (χ1v) is 4.79. The standard InChI is InChI=1S/C12H14NO/c1-8-6-10(13(3)14)4-5-11(8)12-7-9(12)2/h4-7,12H,1-3H3/q-1. The van der Waals surface area contributed by atoms with Crippen LogP contribution in [0.25, 0.3) is 0 Å². The van der Waals surface area contributed by atoms with Crippen LogP contribution >= 0.6 is 0 Å². The van der Waals surface area contributed by atoms with Gasteiger partial charge in [0.05, 0.1) is 0 Å². The maximum absolute atomic E-state index is 11.1. The van der Waals surface area contributed by atoms with Crippen molar-refractivity contribution in [2.24, 2.45) is 0 Å². The fourth-order valence-corrected chi connectivity index (χ4v) is 1.75. The summed E-state index contributed by atoms with van der Waals surface area (Å²) in [6.45, 7) is 4.19. The van der Waals surface area contributed by atoms with Crippen molar-refractivity contribution in [1.82, 2.24) is 0 Å². The summed E-state index contributed by atoms with van der Waals surface area (Å²) >= 11 is 0. The van der Waals surface area contributed by atoms with Crippen LogP contribution in [0.15, 0.2) is 29.8 Å². The fourth-order valence-electron chi connectivity index (χ4n) is 1.75. The van der Waals surface area contributed by atoms with Gasteiger partial charge in [0.25, 0.3) is 0 Å². The molecule has 14 heavy (non-hydrogen) atoms. The van der Waals surface area contributed by atoms with E-state index in [-0.39, 0.29) is 0 Å². The van der Waals surface area contributed by atoms with E-state index in [1.165, 1.54) is 23.7 Å². The summed E-state index contributed by atoms with van der Waals surface area (Å²) in [5.41, 5.74) is 4.68. The number of nitrogens with zero attached hydrogens (tertiary/aromatic N) is 1. The van der Waals surface area contributed by atoms with Crippen molar-refractivity contribution in [3.8, 4) is 0 Å². The first-order chi connectivity index (χ1) is 6.59. The molecule has 0 fully saturated rings. The zero-order valence-electron chi connectivity index (χ0n) is 8.74. The summed E-state index contributed by atoms with van der Waals surface area (Å²) in [7, 11) is 1.52. The topological polar surface area (TPSA) is 26.3 Å². The van der Waals surface area contributed by atoms with E-state index in [0.29, 0.717) is 5.92 Å². The normalized spacial score (nSPS) is 19.1. The van der Waals surface area contributed by atoms with Crippen molar-refractivity contribution >= 4 is 5.69 Å². The lowest BCUT2D eigenvalue weighted by atomic mass is 10.0. The third-order valence-electron chi connectivity index (χ3n) is 2.76. The molecule has 0 radical (unpaired) electrons. The lowest BCUT2D eigenvalue weighted by Crippen LogP contribution is -2.06. The Bertz CT molecular complexity index is 393. The van der Waals surface area contributed by atoms with Gasteiger partial charge in [-0.2, -0.15) is 0 Å². The molecule has 0 aliphatic heterocycles. The van der Waals surface area contributed by atoms with Crippen LogP contribution in [-0.2, 0) is 0 Å². The second-order valence-electron chi connectivity index (χ2n) is 3.93. The van der Waals surface area contributed by atoms with Gasteiger partial charge in [0.1, 0.15) is 0 Å². The zero-order valence-corrected chi connectivity index (χ0v) is 8.74. The van der Waals surface area contributed by atoms with Gasteiger partial charge in [0, 0.05) is 11.6 Å². The van der Waals surface area contributed by atoms with Crippen molar-refractivity contribution in [2.45, 2.75) is 19.8 Å². The minimum Gasteiger partial charge on any atom is -0.758 e. The minimum atomic E-state index is 0.529. The number of anilines is 1. The van der Waals surface area contributed by atoms with Crippen molar-refractivity contribution in [2.75, 3.05) is 12.1 Å². The lowest BCUT2D eigenvalue weighted by molar-refractivity contribution is 1.12. The average molecular weight is 188 g/mol. The molecule has 74 valence electrons. The molecule has 0 saturated carbocycles. The van der Waals surface area contributed by atoms with Gasteiger partial charge in [-0.15, -0.1) is 0 Å². The summed E-state index contributed by atoms with van der Waals surface area (Å²) in [5.74, 6) is 0.529.